The van der Waals surface area contributed by atoms with Crippen LogP contribution >= 0.6 is 0 Å². The molecule has 1 atom stereocenters. The second kappa shape index (κ2) is 2.70. The maximum absolute atomic E-state index is 11.1. The fraction of sp³-hybridized carbons (Fsp3) is 0.571. The van der Waals surface area contributed by atoms with Crippen LogP contribution in [0.1, 0.15) is 12.8 Å². The summed E-state index contributed by atoms with van der Waals surface area (Å²) in [6.07, 6.45) is 1.59. The average Bonchev–Trinajstić information content (AvgIpc) is 2.68. The van der Waals surface area contributed by atoms with E-state index in [1.165, 1.54) is 0 Å². The normalized spacial score (nSPS) is 18.5. The van der Waals surface area contributed by atoms with Gasteiger partial charge in [0, 0.05) is 5.92 Å². The van der Waals surface area contributed by atoms with Crippen LogP contribution in [0.15, 0.2) is 0 Å². The van der Waals surface area contributed by atoms with Gasteiger partial charge in [0.25, 0.3) is 0 Å². The molecule has 0 heterocycles. The van der Waals surface area contributed by atoms with Crippen LogP contribution in [0.2, 0.25) is 0 Å². The third kappa shape index (κ3) is 1.55. The molecule has 1 rings (SSSR count). The number of carbonyl (C=O) groups is 2. The molecular formula is C7H8N2O2. The van der Waals surface area contributed by atoms with Crippen molar-refractivity contribution in [3.05, 3.63) is 0 Å². The molecule has 0 bridgehead atoms. The van der Waals surface area contributed by atoms with Gasteiger partial charge in [-0.05, 0) is 12.8 Å². The Labute approximate surface area is 64.0 Å². The number of carbonyl (C=O) groups excluding carboxylic acids is 2. The van der Waals surface area contributed by atoms with Gasteiger partial charge < -0.3 is 5.73 Å². The molecule has 1 fully saturated rings. The molecule has 1 amide bonds. The molecule has 11 heavy (non-hydrogen) atoms. The summed E-state index contributed by atoms with van der Waals surface area (Å²) in [5, 5.41) is 8.37. The van der Waals surface area contributed by atoms with Crippen LogP contribution in [0.5, 0.6) is 0 Å². The van der Waals surface area contributed by atoms with E-state index in [0.717, 1.165) is 12.8 Å². The molecular weight excluding hydrogens is 144 g/mol. The van der Waals surface area contributed by atoms with E-state index >= 15 is 0 Å². The first-order chi connectivity index (χ1) is 5.16. The highest BCUT2D eigenvalue weighted by atomic mass is 16.2. The highest BCUT2D eigenvalue weighted by molar-refractivity contribution is 6.05. The number of ketones is 1. The van der Waals surface area contributed by atoms with Crippen molar-refractivity contribution in [2.24, 2.45) is 17.6 Å². The molecule has 4 heteroatoms. The van der Waals surface area contributed by atoms with Crippen molar-refractivity contribution in [3.63, 3.8) is 0 Å². The molecule has 2 N–H and O–H groups in total. The lowest BCUT2D eigenvalue weighted by Gasteiger charge is -1.99. The highest BCUT2D eigenvalue weighted by Gasteiger charge is 2.37. The lowest BCUT2D eigenvalue weighted by molar-refractivity contribution is -0.130. The predicted molar refractivity (Wildman–Crippen MR) is 36.0 cm³/mol. The lowest BCUT2D eigenvalue weighted by atomic mass is 10.0. The van der Waals surface area contributed by atoms with Crippen LogP contribution in [0.25, 0.3) is 0 Å². The summed E-state index contributed by atoms with van der Waals surface area (Å²) in [5.41, 5.74) is 4.83. The van der Waals surface area contributed by atoms with E-state index in [0.29, 0.717) is 0 Å². The number of nitriles is 1. The summed E-state index contributed by atoms with van der Waals surface area (Å²) in [4.78, 5) is 21.5. The van der Waals surface area contributed by atoms with Crippen LogP contribution in [-0.4, -0.2) is 11.7 Å². The minimum absolute atomic E-state index is 0.0767. The van der Waals surface area contributed by atoms with Crippen LogP contribution < -0.4 is 5.73 Å². The molecule has 0 aromatic carbocycles. The third-order valence-corrected chi connectivity index (χ3v) is 1.68. The van der Waals surface area contributed by atoms with E-state index in [1.807, 2.05) is 0 Å². The number of nitrogens with zero attached hydrogens (tertiary/aromatic N) is 1. The minimum atomic E-state index is -1.22. The Balaban J connectivity index is 2.62. The Bertz CT molecular complexity index is 237. The molecule has 1 aliphatic rings. The summed E-state index contributed by atoms with van der Waals surface area (Å²) in [6, 6.07) is 1.60. The number of hydrogen-bond donors (Lipinski definition) is 1. The number of rotatable bonds is 3. The molecule has 58 valence electrons. The summed E-state index contributed by atoms with van der Waals surface area (Å²) in [5.74, 6) is -2.43. The number of nitrogens with two attached hydrogens (primary N) is 1. The molecule has 1 unspecified atom stereocenters. The zero-order valence-corrected chi connectivity index (χ0v) is 5.91. The van der Waals surface area contributed by atoms with Gasteiger partial charge in [-0.15, -0.1) is 0 Å². The van der Waals surface area contributed by atoms with E-state index in [2.05, 4.69) is 0 Å². The Morgan fingerprint density at radius 2 is 2.09 bits per heavy atom. The second-order valence-electron chi connectivity index (χ2n) is 2.64. The zero-order chi connectivity index (χ0) is 8.43. The van der Waals surface area contributed by atoms with E-state index in [-0.39, 0.29) is 11.7 Å². The van der Waals surface area contributed by atoms with E-state index in [9.17, 15) is 9.59 Å². The van der Waals surface area contributed by atoms with Gasteiger partial charge in [-0.2, -0.15) is 5.26 Å². The lowest BCUT2D eigenvalue weighted by Crippen LogP contribution is -2.29. The maximum Gasteiger partial charge on any atom is 0.242 e. The van der Waals surface area contributed by atoms with Crippen LogP contribution in [0.4, 0.5) is 0 Å². The zero-order valence-electron chi connectivity index (χ0n) is 5.91. The Morgan fingerprint density at radius 3 is 2.36 bits per heavy atom. The molecule has 4 nitrogen and oxygen atoms in total. The molecule has 0 aromatic heterocycles. The maximum atomic E-state index is 11.1. The molecule has 0 aliphatic heterocycles. The van der Waals surface area contributed by atoms with Crippen molar-refractivity contribution in [2.75, 3.05) is 0 Å². The summed E-state index contributed by atoms with van der Waals surface area (Å²) in [6.45, 7) is 0. The van der Waals surface area contributed by atoms with Gasteiger partial charge in [0.15, 0.2) is 11.7 Å². The van der Waals surface area contributed by atoms with E-state index < -0.39 is 11.8 Å². The van der Waals surface area contributed by atoms with E-state index in [4.69, 9.17) is 11.0 Å². The van der Waals surface area contributed by atoms with Gasteiger partial charge in [0.2, 0.25) is 5.91 Å². The third-order valence-electron chi connectivity index (χ3n) is 1.68. The number of Topliss-reactive ketones (excluding diaryl/α,β-unsaturated/α-hetero) is 1. The fourth-order valence-electron chi connectivity index (χ4n) is 0.871. The van der Waals surface area contributed by atoms with Gasteiger partial charge in [-0.1, -0.05) is 0 Å². The molecule has 1 saturated carbocycles. The van der Waals surface area contributed by atoms with Gasteiger partial charge in [-0.25, -0.2) is 0 Å². The molecule has 0 aromatic rings. The summed E-state index contributed by atoms with van der Waals surface area (Å²) in [7, 11) is 0. The quantitative estimate of drug-likeness (QED) is 0.558. The first-order valence-corrected chi connectivity index (χ1v) is 3.39. The predicted octanol–water partition coefficient (Wildman–Crippen LogP) is -0.409. The van der Waals surface area contributed by atoms with Crippen molar-refractivity contribution in [3.8, 4) is 6.07 Å². The monoisotopic (exact) mass is 152 g/mol. The fourth-order valence-corrected chi connectivity index (χ4v) is 0.871. The van der Waals surface area contributed by atoms with Crippen molar-refractivity contribution in [2.45, 2.75) is 12.8 Å². The minimum Gasteiger partial charge on any atom is -0.368 e. The van der Waals surface area contributed by atoms with Crippen LogP contribution in [0.3, 0.4) is 0 Å². The molecule has 1 aliphatic carbocycles. The number of hydrogen-bond acceptors (Lipinski definition) is 3. The van der Waals surface area contributed by atoms with Gasteiger partial charge in [0.1, 0.15) is 0 Å². The van der Waals surface area contributed by atoms with Crippen molar-refractivity contribution in [1.29, 1.82) is 5.26 Å². The van der Waals surface area contributed by atoms with Crippen LogP contribution in [-0.2, 0) is 9.59 Å². The Kier molecular flexibility index (Phi) is 1.90. The van der Waals surface area contributed by atoms with Gasteiger partial charge in [-0.3, -0.25) is 9.59 Å². The van der Waals surface area contributed by atoms with Gasteiger partial charge >= 0.3 is 0 Å². The summed E-state index contributed by atoms with van der Waals surface area (Å²) < 4.78 is 0. The Hall–Kier alpha value is -1.37. The van der Waals surface area contributed by atoms with E-state index in [1.54, 1.807) is 6.07 Å². The number of amides is 1. The van der Waals surface area contributed by atoms with Gasteiger partial charge in [0.05, 0.1) is 6.07 Å². The van der Waals surface area contributed by atoms with Crippen molar-refractivity contribution >= 4 is 11.7 Å². The first-order valence-electron chi connectivity index (χ1n) is 3.39. The largest absolute Gasteiger partial charge is 0.368 e. The average molecular weight is 152 g/mol. The number of primary amides is 1. The van der Waals surface area contributed by atoms with Crippen molar-refractivity contribution in [1.82, 2.24) is 0 Å². The molecule has 0 saturated heterocycles. The second-order valence-corrected chi connectivity index (χ2v) is 2.64. The molecule has 0 spiro atoms. The van der Waals surface area contributed by atoms with Crippen molar-refractivity contribution < 1.29 is 9.59 Å². The Morgan fingerprint density at radius 1 is 1.55 bits per heavy atom. The topological polar surface area (TPSA) is 83.9 Å². The first kappa shape index (κ1) is 7.73. The molecule has 0 radical (unpaired) electrons. The standard InChI is InChI=1S/C7H8N2O2/c8-3-5(7(9)11)6(10)4-1-2-4/h4-5H,1-2H2,(H2,9,11). The smallest absolute Gasteiger partial charge is 0.242 e. The SMILES string of the molecule is N#CC(C(N)=O)C(=O)C1CC1. The van der Waals surface area contributed by atoms with Crippen LogP contribution in [0, 0.1) is 23.2 Å². The summed E-state index contributed by atoms with van der Waals surface area (Å²) >= 11 is 0. The highest BCUT2D eigenvalue weighted by Crippen LogP contribution is 2.32.